The van der Waals surface area contributed by atoms with Gasteiger partial charge < -0.3 is 9.47 Å². The average Bonchev–Trinajstić information content (AvgIpc) is 2.78. The number of hydrogen-bond acceptors (Lipinski definition) is 8. The smallest absolute Gasteiger partial charge is 0.416 e. The van der Waals surface area contributed by atoms with Crippen LogP contribution in [-0.4, -0.2) is 47.1 Å². The van der Waals surface area contributed by atoms with E-state index >= 15 is 0 Å². The Morgan fingerprint density at radius 2 is 1.80 bits per heavy atom. The van der Waals surface area contributed by atoms with Gasteiger partial charge in [-0.25, -0.2) is 18.2 Å². The van der Waals surface area contributed by atoms with Gasteiger partial charge in [0.1, 0.15) is 10.6 Å². The molecule has 13 heteroatoms. The van der Waals surface area contributed by atoms with E-state index in [1.807, 2.05) is 0 Å². The molecular weight excluding hydrogens is 491 g/mol. The molecule has 188 valence electrons. The highest BCUT2D eigenvalue weighted by atomic mass is 32.2. The molecule has 0 bridgehead atoms. The van der Waals surface area contributed by atoms with Crippen LogP contribution in [0.1, 0.15) is 33.3 Å². The Bertz CT molecular complexity index is 1450. The minimum atomic E-state index is -4.69. The lowest BCUT2D eigenvalue weighted by Gasteiger charge is -2.24. The predicted octanol–water partition coefficient (Wildman–Crippen LogP) is 3.31. The molecule has 0 unspecified atom stereocenters. The van der Waals surface area contributed by atoms with Crippen LogP contribution in [0.15, 0.2) is 46.3 Å². The zero-order valence-electron chi connectivity index (χ0n) is 19.2. The maximum Gasteiger partial charge on any atom is 0.416 e. The first-order valence-corrected chi connectivity index (χ1v) is 12.0. The van der Waals surface area contributed by atoms with Gasteiger partial charge in [-0.15, -0.1) is 0 Å². The number of pyridine rings is 1. The number of carbonyl (C=O) groups excluding carboxylic acids is 1. The molecular formula is C22H22F3N3O6S. The first-order chi connectivity index (χ1) is 16.2. The molecule has 0 saturated carbocycles. The third-order valence-corrected chi connectivity index (χ3v) is 6.71. The first-order valence-electron chi connectivity index (χ1n) is 10.4. The van der Waals surface area contributed by atoms with Crippen molar-refractivity contribution in [2.75, 3.05) is 12.4 Å². The highest BCUT2D eigenvalue weighted by Crippen LogP contribution is 2.31. The van der Waals surface area contributed by atoms with E-state index in [0.29, 0.717) is 10.7 Å². The van der Waals surface area contributed by atoms with E-state index in [2.05, 4.69) is 10.1 Å². The Morgan fingerprint density at radius 3 is 2.40 bits per heavy atom. The van der Waals surface area contributed by atoms with E-state index in [1.54, 1.807) is 6.92 Å². The second-order valence-corrected chi connectivity index (χ2v) is 10.1. The number of esters is 1. The van der Waals surface area contributed by atoms with Crippen molar-refractivity contribution in [2.45, 2.75) is 44.4 Å². The SMILES string of the molecule is CCOC(=O)C(C)(C)Oc1cnc(-n2ncc3ccc(C(F)(F)F)cc3c2=O)c(S(=O)(=O)CC)c1. The Hall–Kier alpha value is -3.48. The van der Waals surface area contributed by atoms with Crippen molar-refractivity contribution in [3.63, 3.8) is 0 Å². The number of aromatic nitrogens is 3. The lowest BCUT2D eigenvalue weighted by molar-refractivity contribution is -0.158. The number of fused-ring (bicyclic) bond motifs is 1. The molecule has 35 heavy (non-hydrogen) atoms. The molecule has 2 heterocycles. The number of ether oxygens (including phenoxy) is 2. The number of carbonyl (C=O) groups is 1. The summed E-state index contributed by atoms with van der Waals surface area (Å²) < 4.78 is 76.3. The summed E-state index contributed by atoms with van der Waals surface area (Å²) in [5.41, 5.74) is -3.52. The lowest BCUT2D eigenvalue weighted by atomic mass is 10.1. The molecule has 0 saturated heterocycles. The average molecular weight is 513 g/mol. The van der Waals surface area contributed by atoms with Crippen molar-refractivity contribution in [1.29, 1.82) is 0 Å². The van der Waals surface area contributed by atoms with E-state index in [1.165, 1.54) is 20.8 Å². The van der Waals surface area contributed by atoms with Crippen molar-refractivity contribution in [3.05, 3.63) is 52.6 Å². The molecule has 0 aliphatic heterocycles. The molecule has 0 fully saturated rings. The molecule has 0 radical (unpaired) electrons. The molecule has 0 N–H and O–H groups in total. The summed E-state index contributed by atoms with van der Waals surface area (Å²) in [6, 6.07) is 3.66. The monoisotopic (exact) mass is 513 g/mol. The number of alkyl halides is 3. The van der Waals surface area contributed by atoms with E-state index in [0.717, 1.165) is 30.6 Å². The number of rotatable bonds is 7. The van der Waals surface area contributed by atoms with Crippen LogP contribution in [0.25, 0.3) is 16.6 Å². The van der Waals surface area contributed by atoms with Crippen LogP contribution in [0.5, 0.6) is 5.75 Å². The molecule has 3 aromatic rings. The van der Waals surface area contributed by atoms with Crippen LogP contribution in [-0.2, 0) is 25.5 Å². The van der Waals surface area contributed by atoms with Gasteiger partial charge >= 0.3 is 12.1 Å². The number of nitrogens with zero attached hydrogens (tertiary/aromatic N) is 3. The molecule has 3 rings (SSSR count). The molecule has 0 aliphatic carbocycles. The quantitative estimate of drug-likeness (QED) is 0.442. The minimum absolute atomic E-state index is 0.102. The van der Waals surface area contributed by atoms with Crippen LogP contribution < -0.4 is 10.3 Å². The standard InChI is InChI=1S/C22H22F3N3O6S/c1-5-33-20(30)21(3,4)34-15-10-17(35(31,32)6-2)18(26-12-15)28-19(29)16-9-14(22(23,24)25)8-7-13(16)11-27-28/h7-12H,5-6H2,1-4H3. The number of sulfone groups is 1. The van der Waals surface area contributed by atoms with E-state index in [9.17, 15) is 31.2 Å². The largest absolute Gasteiger partial charge is 0.474 e. The van der Waals surface area contributed by atoms with Crippen molar-refractivity contribution in [1.82, 2.24) is 14.8 Å². The number of benzene rings is 1. The van der Waals surface area contributed by atoms with Gasteiger partial charge in [0.15, 0.2) is 21.3 Å². The molecule has 1 aromatic carbocycles. The minimum Gasteiger partial charge on any atom is -0.474 e. The van der Waals surface area contributed by atoms with Crippen LogP contribution in [0.2, 0.25) is 0 Å². The van der Waals surface area contributed by atoms with E-state index in [4.69, 9.17) is 9.47 Å². The number of hydrogen-bond donors (Lipinski definition) is 0. The summed E-state index contributed by atoms with van der Waals surface area (Å²) in [5, 5.41) is 3.73. The molecule has 0 aliphatic rings. The fraction of sp³-hybridized carbons (Fsp3) is 0.364. The van der Waals surface area contributed by atoms with Crippen molar-refractivity contribution in [2.24, 2.45) is 0 Å². The van der Waals surface area contributed by atoms with Gasteiger partial charge in [-0.1, -0.05) is 13.0 Å². The van der Waals surface area contributed by atoms with Crippen LogP contribution >= 0.6 is 0 Å². The van der Waals surface area contributed by atoms with E-state index in [-0.39, 0.29) is 28.9 Å². The van der Waals surface area contributed by atoms with Gasteiger partial charge in [0.05, 0.1) is 35.7 Å². The Morgan fingerprint density at radius 1 is 1.11 bits per heavy atom. The van der Waals surface area contributed by atoms with Crippen LogP contribution in [0, 0.1) is 0 Å². The summed E-state index contributed by atoms with van der Waals surface area (Å²) in [4.78, 5) is 28.8. The summed E-state index contributed by atoms with van der Waals surface area (Å²) in [6.07, 6.45) is -2.47. The number of halogens is 3. The van der Waals surface area contributed by atoms with Crippen molar-refractivity contribution in [3.8, 4) is 11.6 Å². The summed E-state index contributed by atoms with van der Waals surface area (Å²) >= 11 is 0. The van der Waals surface area contributed by atoms with Gasteiger partial charge in [-0.3, -0.25) is 4.79 Å². The highest BCUT2D eigenvalue weighted by Gasteiger charge is 2.33. The highest BCUT2D eigenvalue weighted by molar-refractivity contribution is 7.91. The van der Waals surface area contributed by atoms with Crippen molar-refractivity contribution >= 4 is 26.6 Å². The second kappa shape index (κ2) is 9.29. The fourth-order valence-electron chi connectivity index (χ4n) is 3.13. The summed E-state index contributed by atoms with van der Waals surface area (Å²) in [6.45, 7) is 5.91. The third-order valence-electron chi connectivity index (χ3n) is 4.98. The summed E-state index contributed by atoms with van der Waals surface area (Å²) in [5.74, 6) is -1.60. The zero-order valence-corrected chi connectivity index (χ0v) is 20.0. The van der Waals surface area contributed by atoms with Gasteiger partial charge in [0.2, 0.25) is 0 Å². The second-order valence-electron chi connectivity index (χ2n) is 7.89. The van der Waals surface area contributed by atoms with Crippen LogP contribution in [0.3, 0.4) is 0 Å². The van der Waals surface area contributed by atoms with Crippen LogP contribution in [0.4, 0.5) is 13.2 Å². The van der Waals surface area contributed by atoms with Gasteiger partial charge in [-0.05, 0) is 32.9 Å². The summed E-state index contributed by atoms with van der Waals surface area (Å²) in [7, 11) is -4.03. The third kappa shape index (κ3) is 5.29. The Balaban J connectivity index is 2.20. The lowest BCUT2D eigenvalue weighted by Crippen LogP contribution is -2.39. The topological polar surface area (TPSA) is 117 Å². The molecule has 9 nitrogen and oxygen atoms in total. The molecule has 0 atom stereocenters. The van der Waals surface area contributed by atoms with Gasteiger partial charge in [0.25, 0.3) is 5.56 Å². The predicted molar refractivity (Wildman–Crippen MR) is 119 cm³/mol. The Labute approximate surface area is 198 Å². The van der Waals surface area contributed by atoms with Crippen molar-refractivity contribution < 1.29 is 35.9 Å². The normalized spacial score (nSPS) is 12.5. The molecule has 0 spiro atoms. The molecule has 2 aromatic heterocycles. The fourth-order valence-corrected chi connectivity index (χ4v) is 4.15. The zero-order chi connectivity index (χ0) is 26.2. The van der Waals surface area contributed by atoms with Gasteiger partial charge in [0, 0.05) is 11.5 Å². The van der Waals surface area contributed by atoms with Gasteiger partial charge in [-0.2, -0.15) is 23.0 Å². The Kier molecular flexibility index (Phi) is 6.93. The first kappa shape index (κ1) is 26.1. The maximum absolute atomic E-state index is 13.2. The maximum atomic E-state index is 13.2. The molecule has 0 amide bonds. The van der Waals surface area contributed by atoms with E-state index < -0.39 is 49.4 Å².